The fourth-order valence-electron chi connectivity index (χ4n) is 4.45. The smallest absolute Gasteiger partial charge is 0.154 e. The lowest BCUT2D eigenvalue weighted by atomic mass is 10.1. The Labute approximate surface area is 192 Å². The van der Waals surface area contributed by atoms with Gasteiger partial charge in [0.25, 0.3) is 0 Å². The second-order valence-electron chi connectivity index (χ2n) is 8.81. The van der Waals surface area contributed by atoms with E-state index in [1.807, 2.05) is 29.0 Å². The van der Waals surface area contributed by atoms with E-state index in [1.165, 1.54) is 10.9 Å². The minimum absolute atomic E-state index is 0.788. The molecule has 0 atom stereocenters. The third kappa shape index (κ3) is 4.08. The van der Waals surface area contributed by atoms with Crippen molar-refractivity contribution in [2.45, 2.75) is 6.54 Å². The molecule has 0 unspecified atom stereocenters. The summed E-state index contributed by atoms with van der Waals surface area (Å²) >= 11 is 0. The van der Waals surface area contributed by atoms with Gasteiger partial charge in [0.05, 0.1) is 11.9 Å². The Morgan fingerprint density at radius 3 is 2.64 bits per heavy atom. The number of nitrogens with zero attached hydrogens (tertiary/aromatic N) is 5. The van der Waals surface area contributed by atoms with E-state index in [0.717, 1.165) is 66.7 Å². The molecule has 3 aromatic heterocycles. The number of hydrogen-bond acceptors (Lipinski definition) is 5. The second kappa shape index (κ2) is 8.35. The standard InChI is InChI=1S/C26H27N7/c1-31-12-14-32(15-13-31)18-19-2-5-22(6-3-19)29-25-8-9-26-28-17-24(33(26)30-25)21-4-7-23-20(16-21)10-11-27-23/h2-11,16-17,27H,12-15,18H2,1H3,(H,29,30). The van der Waals surface area contributed by atoms with Crippen LogP contribution in [0.15, 0.2) is 73.1 Å². The number of rotatable bonds is 5. The number of likely N-dealkylation sites (N-methyl/N-ethyl adjacent to an activating group) is 1. The van der Waals surface area contributed by atoms with E-state index < -0.39 is 0 Å². The number of imidazole rings is 1. The average Bonchev–Trinajstić information content (AvgIpc) is 3.48. The Morgan fingerprint density at radius 2 is 1.79 bits per heavy atom. The summed E-state index contributed by atoms with van der Waals surface area (Å²) in [6, 6.07) is 21.1. The van der Waals surface area contributed by atoms with Gasteiger partial charge in [-0.3, -0.25) is 4.90 Å². The number of piperazine rings is 1. The third-order valence-corrected chi connectivity index (χ3v) is 6.44. The van der Waals surface area contributed by atoms with Gasteiger partial charge >= 0.3 is 0 Å². The highest BCUT2D eigenvalue weighted by atomic mass is 15.3. The highest BCUT2D eigenvalue weighted by Gasteiger charge is 2.14. The first-order valence-electron chi connectivity index (χ1n) is 11.4. The Hall–Kier alpha value is -3.68. The first kappa shape index (κ1) is 20.0. The summed E-state index contributed by atoms with van der Waals surface area (Å²) in [5.41, 5.74) is 6.38. The van der Waals surface area contributed by atoms with Crippen molar-refractivity contribution in [3.8, 4) is 11.3 Å². The van der Waals surface area contributed by atoms with Crippen LogP contribution in [0, 0.1) is 0 Å². The van der Waals surface area contributed by atoms with Crippen LogP contribution in [0.25, 0.3) is 27.8 Å². The summed E-state index contributed by atoms with van der Waals surface area (Å²) in [5, 5.41) is 9.44. The molecule has 7 nitrogen and oxygen atoms in total. The predicted molar refractivity (Wildman–Crippen MR) is 133 cm³/mol. The van der Waals surface area contributed by atoms with Crippen molar-refractivity contribution in [3.63, 3.8) is 0 Å². The van der Waals surface area contributed by atoms with Crippen molar-refractivity contribution >= 4 is 28.1 Å². The molecule has 5 aromatic rings. The molecule has 0 saturated carbocycles. The van der Waals surface area contributed by atoms with Crippen LogP contribution in [0.3, 0.4) is 0 Å². The van der Waals surface area contributed by atoms with E-state index in [4.69, 9.17) is 5.10 Å². The molecule has 166 valence electrons. The second-order valence-corrected chi connectivity index (χ2v) is 8.81. The molecule has 1 saturated heterocycles. The Bertz CT molecular complexity index is 1390. The van der Waals surface area contributed by atoms with Gasteiger partial charge in [0.15, 0.2) is 11.5 Å². The van der Waals surface area contributed by atoms with E-state index >= 15 is 0 Å². The van der Waals surface area contributed by atoms with Gasteiger partial charge in [0, 0.05) is 61.1 Å². The van der Waals surface area contributed by atoms with E-state index in [-0.39, 0.29) is 0 Å². The quantitative estimate of drug-likeness (QED) is 0.428. The SMILES string of the molecule is CN1CCN(Cc2ccc(Nc3ccc4ncc(-c5ccc6[nH]ccc6c5)n4n3)cc2)CC1. The highest BCUT2D eigenvalue weighted by Crippen LogP contribution is 2.25. The first-order valence-corrected chi connectivity index (χ1v) is 11.4. The van der Waals surface area contributed by atoms with Crippen molar-refractivity contribution in [3.05, 3.63) is 78.6 Å². The molecule has 4 heterocycles. The summed E-state index contributed by atoms with van der Waals surface area (Å²) in [4.78, 5) is 12.7. The van der Waals surface area contributed by atoms with Gasteiger partial charge in [-0.25, -0.2) is 9.50 Å². The lowest BCUT2D eigenvalue weighted by Gasteiger charge is -2.32. The summed E-state index contributed by atoms with van der Waals surface area (Å²) in [6.07, 6.45) is 3.84. The Morgan fingerprint density at radius 1 is 0.939 bits per heavy atom. The lowest BCUT2D eigenvalue weighted by Crippen LogP contribution is -2.43. The monoisotopic (exact) mass is 437 g/mol. The minimum Gasteiger partial charge on any atom is -0.361 e. The maximum Gasteiger partial charge on any atom is 0.154 e. The van der Waals surface area contributed by atoms with Crippen molar-refractivity contribution < 1.29 is 0 Å². The van der Waals surface area contributed by atoms with Gasteiger partial charge in [0.2, 0.25) is 0 Å². The number of hydrogen-bond donors (Lipinski definition) is 2. The topological polar surface area (TPSA) is 64.5 Å². The van der Waals surface area contributed by atoms with E-state index in [2.05, 4.69) is 80.7 Å². The zero-order chi connectivity index (χ0) is 22.2. The number of aromatic amines is 1. The van der Waals surface area contributed by atoms with Crippen molar-refractivity contribution in [2.24, 2.45) is 0 Å². The van der Waals surface area contributed by atoms with Gasteiger partial charge in [0.1, 0.15) is 0 Å². The predicted octanol–water partition coefficient (Wildman–Crippen LogP) is 4.37. The fraction of sp³-hybridized carbons (Fsp3) is 0.231. The molecular formula is C26H27N7. The maximum absolute atomic E-state index is 4.82. The van der Waals surface area contributed by atoms with Crippen LogP contribution < -0.4 is 5.32 Å². The molecule has 6 rings (SSSR count). The number of nitrogens with one attached hydrogen (secondary N) is 2. The van der Waals surface area contributed by atoms with Crippen LogP contribution in [-0.2, 0) is 6.54 Å². The van der Waals surface area contributed by atoms with Gasteiger partial charge < -0.3 is 15.2 Å². The lowest BCUT2D eigenvalue weighted by molar-refractivity contribution is 0.148. The van der Waals surface area contributed by atoms with Gasteiger partial charge in [-0.1, -0.05) is 18.2 Å². The molecule has 0 bridgehead atoms. The van der Waals surface area contributed by atoms with Crippen LogP contribution in [0.4, 0.5) is 11.5 Å². The summed E-state index contributed by atoms with van der Waals surface area (Å²) in [5.74, 6) is 0.788. The molecule has 7 heteroatoms. The fourth-order valence-corrected chi connectivity index (χ4v) is 4.45. The molecule has 1 aliphatic heterocycles. The number of fused-ring (bicyclic) bond motifs is 2. The Kier molecular flexibility index (Phi) is 5.05. The highest BCUT2D eigenvalue weighted by molar-refractivity contribution is 5.84. The van der Waals surface area contributed by atoms with Gasteiger partial charge in [-0.15, -0.1) is 5.10 Å². The normalized spacial score (nSPS) is 15.4. The van der Waals surface area contributed by atoms with Crippen molar-refractivity contribution in [1.82, 2.24) is 29.4 Å². The van der Waals surface area contributed by atoms with Crippen LogP contribution in [0.5, 0.6) is 0 Å². The molecule has 0 aliphatic carbocycles. The molecule has 2 N–H and O–H groups in total. The molecular weight excluding hydrogens is 410 g/mol. The number of anilines is 2. The minimum atomic E-state index is 0.788. The van der Waals surface area contributed by atoms with E-state index in [0.29, 0.717) is 0 Å². The van der Waals surface area contributed by atoms with E-state index in [1.54, 1.807) is 0 Å². The van der Waals surface area contributed by atoms with Crippen molar-refractivity contribution in [1.29, 1.82) is 0 Å². The van der Waals surface area contributed by atoms with Crippen LogP contribution in [0.2, 0.25) is 0 Å². The third-order valence-electron chi connectivity index (χ3n) is 6.44. The molecule has 1 aliphatic rings. The molecule has 0 radical (unpaired) electrons. The van der Waals surface area contributed by atoms with Gasteiger partial charge in [-0.2, -0.15) is 0 Å². The molecule has 1 fully saturated rings. The summed E-state index contributed by atoms with van der Waals surface area (Å²) in [7, 11) is 2.19. The molecule has 33 heavy (non-hydrogen) atoms. The van der Waals surface area contributed by atoms with Gasteiger partial charge in [-0.05, 0) is 55.1 Å². The maximum atomic E-state index is 4.82. The Balaban J connectivity index is 1.21. The van der Waals surface area contributed by atoms with Crippen LogP contribution in [0.1, 0.15) is 5.56 Å². The largest absolute Gasteiger partial charge is 0.361 e. The molecule has 2 aromatic carbocycles. The summed E-state index contributed by atoms with van der Waals surface area (Å²) < 4.78 is 1.90. The van der Waals surface area contributed by atoms with Crippen LogP contribution in [-0.4, -0.2) is 62.6 Å². The average molecular weight is 438 g/mol. The van der Waals surface area contributed by atoms with Crippen LogP contribution >= 0.6 is 0 Å². The molecule has 0 amide bonds. The first-order chi connectivity index (χ1) is 16.2. The number of aromatic nitrogens is 4. The number of benzene rings is 2. The van der Waals surface area contributed by atoms with Crippen molar-refractivity contribution in [2.75, 3.05) is 38.5 Å². The zero-order valence-corrected chi connectivity index (χ0v) is 18.7. The van der Waals surface area contributed by atoms with E-state index in [9.17, 15) is 0 Å². The zero-order valence-electron chi connectivity index (χ0n) is 18.7. The number of H-pyrrole nitrogens is 1. The summed E-state index contributed by atoms with van der Waals surface area (Å²) in [6.45, 7) is 5.55. The molecule has 0 spiro atoms.